The van der Waals surface area contributed by atoms with Crippen molar-refractivity contribution in [2.75, 3.05) is 0 Å². The van der Waals surface area contributed by atoms with E-state index in [4.69, 9.17) is 9.97 Å². The third kappa shape index (κ3) is 2.16. The summed E-state index contributed by atoms with van der Waals surface area (Å²) in [4.78, 5) is 14.4. The number of nitrogens with zero attached hydrogens (tertiary/aromatic N) is 5. The number of rotatable bonds is 1. The first kappa shape index (κ1) is 17.7. The number of aromatic nitrogens is 5. The number of fused-ring (bicyclic) bond motifs is 12. The second-order valence-corrected chi connectivity index (χ2v) is 8.56. The molecule has 0 N–H and O–H groups in total. The van der Waals surface area contributed by atoms with Crippen molar-refractivity contribution < 1.29 is 0 Å². The summed E-state index contributed by atoms with van der Waals surface area (Å²) in [6, 6.07) is 31.7. The van der Waals surface area contributed by atoms with E-state index >= 15 is 0 Å². The summed E-state index contributed by atoms with van der Waals surface area (Å²) < 4.78 is 4.55. The molecule has 8 aromatic rings. The van der Waals surface area contributed by atoms with Gasteiger partial charge in [0.15, 0.2) is 5.65 Å². The molecular weight excluding hydrogens is 418 g/mol. The largest absolute Gasteiger partial charge is 0.309 e. The molecule has 0 aliphatic carbocycles. The van der Waals surface area contributed by atoms with Crippen molar-refractivity contribution in [1.29, 1.82) is 0 Å². The molecule has 0 saturated carbocycles. The molecule has 0 saturated heterocycles. The van der Waals surface area contributed by atoms with E-state index in [1.54, 1.807) is 6.20 Å². The van der Waals surface area contributed by atoms with Crippen LogP contribution in [0.3, 0.4) is 0 Å². The number of hydrogen-bond donors (Lipinski definition) is 0. The Labute approximate surface area is 193 Å². The van der Waals surface area contributed by atoms with E-state index in [9.17, 15) is 0 Å². The van der Waals surface area contributed by atoms with Gasteiger partial charge < -0.3 is 4.57 Å². The van der Waals surface area contributed by atoms with E-state index in [2.05, 4.69) is 92.8 Å². The minimum absolute atomic E-state index is 0.740. The Balaban J connectivity index is 1.73. The highest BCUT2D eigenvalue weighted by Gasteiger charge is 2.21. The highest BCUT2D eigenvalue weighted by atomic mass is 15.1. The van der Waals surface area contributed by atoms with E-state index < -0.39 is 0 Å². The van der Waals surface area contributed by atoms with Gasteiger partial charge in [0.1, 0.15) is 5.65 Å². The number of imidazole rings is 1. The minimum Gasteiger partial charge on any atom is -0.309 e. The molecule has 0 fully saturated rings. The van der Waals surface area contributed by atoms with Gasteiger partial charge in [-0.1, -0.05) is 42.5 Å². The Hall–Kier alpha value is -4.77. The van der Waals surface area contributed by atoms with Gasteiger partial charge in [-0.3, -0.25) is 9.38 Å². The summed E-state index contributed by atoms with van der Waals surface area (Å²) in [6.45, 7) is 0. The van der Waals surface area contributed by atoms with Crippen LogP contribution in [0, 0.1) is 0 Å². The van der Waals surface area contributed by atoms with Crippen LogP contribution in [-0.4, -0.2) is 23.9 Å². The molecule has 0 aliphatic heterocycles. The van der Waals surface area contributed by atoms with Crippen LogP contribution in [0.4, 0.5) is 0 Å². The molecule has 0 radical (unpaired) electrons. The van der Waals surface area contributed by atoms with Crippen molar-refractivity contribution in [3.05, 3.63) is 103 Å². The second kappa shape index (κ2) is 6.39. The van der Waals surface area contributed by atoms with Gasteiger partial charge in [0.2, 0.25) is 0 Å². The van der Waals surface area contributed by atoms with E-state index in [1.165, 1.54) is 16.3 Å². The highest BCUT2D eigenvalue weighted by Crippen LogP contribution is 2.40. The van der Waals surface area contributed by atoms with Crippen molar-refractivity contribution in [3.63, 3.8) is 0 Å². The van der Waals surface area contributed by atoms with E-state index in [0.717, 1.165) is 49.8 Å². The summed E-state index contributed by atoms with van der Waals surface area (Å²) in [5.74, 6) is 0. The topological polar surface area (TPSA) is 48.0 Å². The fourth-order valence-electron chi connectivity index (χ4n) is 5.44. The van der Waals surface area contributed by atoms with Gasteiger partial charge in [0, 0.05) is 39.6 Å². The Bertz CT molecular complexity index is 2070. The van der Waals surface area contributed by atoms with Crippen LogP contribution in [0.1, 0.15) is 0 Å². The number of pyridine rings is 3. The van der Waals surface area contributed by atoms with Crippen LogP contribution in [-0.2, 0) is 0 Å². The summed E-state index contributed by atoms with van der Waals surface area (Å²) in [7, 11) is 0. The zero-order valence-electron chi connectivity index (χ0n) is 18.1. The minimum atomic E-state index is 0.740. The highest BCUT2D eigenvalue weighted by molar-refractivity contribution is 6.27. The Morgan fingerprint density at radius 2 is 1.29 bits per heavy atom. The maximum Gasteiger partial charge on any atom is 0.178 e. The first-order valence-corrected chi connectivity index (χ1v) is 11.3. The molecule has 5 heterocycles. The number of hydrogen-bond acceptors (Lipinski definition) is 3. The van der Waals surface area contributed by atoms with Crippen molar-refractivity contribution in [2.45, 2.75) is 0 Å². The third-order valence-electron chi connectivity index (χ3n) is 6.79. The van der Waals surface area contributed by atoms with Crippen LogP contribution < -0.4 is 0 Å². The molecule has 0 aliphatic rings. The lowest BCUT2D eigenvalue weighted by molar-refractivity contribution is 1.19. The average Bonchev–Trinajstić information content (AvgIpc) is 3.46. The van der Waals surface area contributed by atoms with Crippen LogP contribution in [0.25, 0.3) is 66.1 Å². The Morgan fingerprint density at radius 3 is 2.21 bits per heavy atom. The van der Waals surface area contributed by atoms with E-state index in [-0.39, 0.29) is 0 Å². The molecule has 0 spiro atoms. The summed E-state index contributed by atoms with van der Waals surface area (Å²) in [5, 5.41) is 4.60. The molecule has 0 bridgehead atoms. The zero-order valence-corrected chi connectivity index (χ0v) is 18.1. The molecule has 0 atom stereocenters. The summed E-state index contributed by atoms with van der Waals surface area (Å²) in [6.07, 6.45) is 3.67. The zero-order chi connectivity index (χ0) is 22.2. The fraction of sp³-hybridized carbons (Fsp3) is 0. The van der Waals surface area contributed by atoms with Crippen molar-refractivity contribution in [1.82, 2.24) is 23.9 Å². The van der Waals surface area contributed by atoms with E-state index in [0.29, 0.717) is 0 Å². The summed E-state index contributed by atoms with van der Waals surface area (Å²) in [5.41, 5.74) is 8.06. The molecular formula is C29H17N5. The molecule has 34 heavy (non-hydrogen) atoms. The lowest BCUT2D eigenvalue weighted by Gasteiger charge is -2.12. The molecule has 5 nitrogen and oxygen atoms in total. The number of benzene rings is 3. The van der Waals surface area contributed by atoms with Crippen LogP contribution in [0.2, 0.25) is 0 Å². The molecule has 3 aromatic carbocycles. The SMILES string of the molecule is c1ccc(-n2c3ccccc3c3ccc4c(c5ncccc5n5c6cccnc6nc45)c32)cc1. The summed E-state index contributed by atoms with van der Waals surface area (Å²) >= 11 is 0. The standard InChI is InChI=1S/C29H17N5/c1-2-8-18(9-3-1)33-22-11-5-4-10-19(22)20-14-15-21-25(27(20)33)26-23(12-6-16-30-26)34-24-13-7-17-31-28(24)32-29(21)34/h1-17H. The first-order chi connectivity index (χ1) is 16.9. The molecule has 0 unspecified atom stereocenters. The van der Waals surface area contributed by atoms with Crippen LogP contribution in [0.15, 0.2) is 103 Å². The van der Waals surface area contributed by atoms with Gasteiger partial charge in [-0.2, -0.15) is 0 Å². The molecule has 0 amide bonds. The lowest BCUT2D eigenvalue weighted by atomic mass is 10.0. The molecule has 5 aromatic heterocycles. The van der Waals surface area contributed by atoms with Crippen molar-refractivity contribution >= 4 is 60.4 Å². The normalized spacial score (nSPS) is 12.1. The molecule has 158 valence electrons. The van der Waals surface area contributed by atoms with Gasteiger partial charge >= 0.3 is 0 Å². The third-order valence-corrected chi connectivity index (χ3v) is 6.79. The van der Waals surface area contributed by atoms with E-state index in [1.807, 2.05) is 18.3 Å². The maximum absolute atomic E-state index is 4.97. The van der Waals surface area contributed by atoms with Gasteiger partial charge in [-0.05, 0) is 48.5 Å². The molecule has 5 heteroatoms. The van der Waals surface area contributed by atoms with Gasteiger partial charge in [0.25, 0.3) is 0 Å². The van der Waals surface area contributed by atoms with Crippen LogP contribution in [0.5, 0.6) is 0 Å². The predicted octanol–water partition coefficient (Wildman–Crippen LogP) is 6.68. The quantitative estimate of drug-likeness (QED) is 0.270. The Morgan fingerprint density at radius 1 is 0.559 bits per heavy atom. The maximum atomic E-state index is 4.97. The van der Waals surface area contributed by atoms with Gasteiger partial charge in [-0.15, -0.1) is 0 Å². The van der Waals surface area contributed by atoms with Crippen molar-refractivity contribution in [2.24, 2.45) is 0 Å². The van der Waals surface area contributed by atoms with Gasteiger partial charge in [0.05, 0.1) is 27.6 Å². The van der Waals surface area contributed by atoms with Crippen molar-refractivity contribution in [3.8, 4) is 5.69 Å². The van der Waals surface area contributed by atoms with Crippen LogP contribution >= 0.6 is 0 Å². The lowest BCUT2D eigenvalue weighted by Crippen LogP contribution is -1.97. The molecule has 8 rings (SSSR count). The smallest absolute Gasteiger partial charge is 0.178 e. The average molecular weight is 435 g/mol. The second-order valence-electron chi connectivity index (χ2n) is 8.56. The Kier molecular flexibility index (Phi) is 3.34. The number of para-hydroxylation sites is 2. The fourth-order valence-corrected chi connectivity index (χ4v) is 5.44. The predicted molar refractivity (Wildman–Crippen MR) is 138 cm³/mol. The monoisotopic (exact) mass is 435 g/mol. The first-order valence-electron chi connectivity index (χ1n) is 11.3. The van der Waals surface area contributed by atoms with Gasteiger partial charge in [-0.25, -0.2) is 9.97 Å².